The number of nitro benzene ring substituents is 1. The number of rotatable bonds is 3. The Kier molecular flexibility index (Phi) is 4.79. The lowest BCUT2D eigenvalue weighted by molar-refractivity contribution is -0.385. The summed E-state index contributed by atoms with van der Waals surface area (Å²) in [5, 5.41) is 14.2. The molecular weight excluding hydrogens is 407 g/mol. The number of hydrogen-bond donors (Lipinski definition) is 1. The first-order valence-corrected chi connectivity index (χ1v) is 7.36. The first-order valence-electron chi connectivity index (χ1n) is 5.90. The number of nitrogens with one attached hydrogen (secondary N) is 1. The minimum atomic E-state index is -0.502. The second-order valence-corrected chi connectivity index (χ2v) is 5.88. The summed E-state index contributed by atoms with van der Waals surface area (Å²) in [4.78, 5) is 22.7. The first kappa shape index (κ1) is 15.7. The molecule has 0 saturated carbocycles. The summed E-state index contributed by atoms with van der Waals surface area (Å²) in [6, 6.07) is 9.50. The molecule has 21 heavy (non-hydrogen) atoms. The molecule has 1 amide bonds. The van der Waals surface area contributed by atoms with E-state index in [1.54, 1.807) is 31.2 Å². The zero-order valence-electron chi connectivity index (χ0n) is 10.9. The van der Waals surface area contributed by atoms with Crippen LogP contribution in [0.3, 0.4) is 0 Å². The molecule has 7 heteroatoms. The number of benzene rings is 2. The van der Waals surface area contributed by atoms with Crippen molar-refractivity contribution in [1.82, 2.24) is 0 Å². The predicted molar refractivity (Wildman–Crippen MR) is 90.0 cm³/mol. The van der Waals surface area contributed by atoms with Crippen LogP contribution in [0.1, 0.15) is 15.9 Å². The SMILES string of the molecule is Cc1c(C(=O)Nc2ccc(Cl)cc2I)cccc1[N+](=O)[O-]. The predicted octanol–water partition coefficient (Wildman–Crippen LogP) is 4.41. The van der Waals surface area contributed by atoms with Crippen molar-refractivity contribution < 1.29 is 9.72 Å². The number of carbonyl (C=O) groups is 1. The monoisotopic (exact) mass is 416 g/mol. The molecule has 0 bridgehead atoms. The molecule has 0 unspecified atom stereocenters. The van der Waals surface area contributed by atoms with E-state index in [0.29, 0.717) is 16.3 Å². The average Bonchev–Trinajstić information content (AvgIpc) is 2.41. The number of halogens is 2. The van der Waals surface area contributed by atoms with Crippen LogP contribution in [0.25, 0.3) is 0 Å². The van der Waals surface area contributed by atoms with E-state index < -0.39 is 10.8 Å². The smallest absolute Gasteiger partial charge is 0.273 e. The van der Waals surface area contributed by atoms with E-state index in [0.717, 1.165) is 3.57 Å². The Morgan fingerprint density at radius 2 is 2.05 bits per heavy atom. The van der Waals surface area contributed by atoms with Crippen molar-refractivity contribution in [2.24, 2.45) is 0 Å². The van der Waals surface area contributed by atoms with E-state index >= 15 is 0 Å². The van der Waals surface area contributed by atoms with E-state index in [2.05, 4.69) is 27.9 Å². The van der Waals surface area contributed by atoms with Crippen LogP contribution in [0.2, 0.25) is 5.02 Å². The van der Waals surface area contributed by atoms with Crippen LogP contribution in [0.5, 0.6) is 0 Å². The summed E-state index contributed by atoms with van der Waals surface area (Å²) < 4.78 is 0.788. The number of hydrogen-bond acceptors (Lipinski definition) is 3. The topological polar surface area (TPSA) is 72.2 Å². The summed E-state index contributed by atoms with van der Waals surface area (Å²) >= 11 is 7.92. The van der Waals surface area contributed by atoms with Gasteiger partial charge in [-0.15, -0.1) is 0 Å². The third-order valence-corrected chi connectivity index (χ3v) is 4.05. The lowest BCUT2D eigenvalue weighted by atomic mass is 10.1. The fourth-order valence-corrected chi connectivity index (χ4v) is 2.85. The second-order valence-electron chi connectivity index (χ2n) is 4.29. The molecule has 0 aliphatic rings. The largest absolute Gasteiger partial charge is 0.321 e. The molecule has 2 aromatic carbocycles. The summed E-state index contributed by atoms with van der Waals surface area (Å²) in [6.07, 6.45) is 0. The standard InChI is InChI=1S/C14H10ClIN2O3/c1-8-10(3-2-4-13(8)18(20)21)14(19)17-12-6-5-9(15)7-11(12)16/h2-7H,1H3,(H,17,19). The summed E-state index contributed by atoms with van der Waals surface area (Å²) in [5.41, 5.74) is 1.14. The van der Waals surface area contributed by atoms with Crippen molar-refractivity contribution in [2.45, 2.75) is 6.92 Å². The van der Waals surface area contributed by atoms with E-state index in [9.17, 15) is 14.9 Å². The maximum atomic E-state index is 12.3. The third-order valence-electron chi connectivity index (χ3n) is 2.93. The Hall–Kier alpha value is -1.67. The molecule has 0 aliphatic heterocycles. The zero-order chi connectivity index (χ0) is 15.6. The molecule has 108 valence electrons. The number of anilines is 1. The van der Waals surface area contributed by atoms with Crippen molar-refractivity contribution in [3.63, 3.8) is 0 Å². The Labute approximate surface area is 139 Å². The van der Waals surface area contributed by atoms with Gasteiger partial charge in [-0.1, -0.05) is 17.7 Å². The Balaban J connectivity index is 2.33. The van der Waals surface area contributed by atoms with Crippen LogP contribution in [0.4, 0.5) is 11.4 Å². The van der Waals surface area contributed by atoms with Gasteiger partial charge in [-0.25, -0.2) is 0 Å². The van der Waals surface area contributed by atoms with Gasteiger partial charge in [-0.05, 0) is 53.8 Å². The Morgan fingerprint density at radius 3 is 2.67 bits per heavy atom. The highest BCUT2D eigenvalue weighted by molar-refractivity contribution is 14.1. The van der Waals surface area contributed by atoms with E-state index in [4.69, 9.17) is 11.6 Å². The van der Waals surface area contributed by atoms with Crippen molar-refractivity contribution in [1.29, 1.82) is 0 Å². The normalized spacial score (nSPS) is 10.2. The van der Waals surface area contributed by atoms with E-state index in [-0.39, 0.29) is 11.3 Å². The quantitative estimate of drug-likeness (QED) is 0.457. The summed E-state index contributed by atoms with van der Waals surface area (Å²) in [6.45, 7) is 1.56. The first-order chi connectivity index (χ1) is 9.90. The number of amides is 1. The van der Waals surface area contributed by atoms with E-state index in [1.807, 2.05) is 0 Å². The fourth-order valence-electron chi connectivity index (χ4n) is 1.85. The molecule has 0 heterocycles. The van der Waals surface area contributed by atoms with Crippen molar-refractivity contribution >= 4 is 51.5 Å². The minimum Gasteiger partial charge on any atom is -0.321 e. The van der Waals surface area contributed by atoms with Gasteiger partial charge in [0.25, 0.3) is 11.6 Å². The van der Waals surface area contributed by atoms with Crippen molar-refractivity contribution in [3.8, 4) is 0 Å². The van der Waals surface area contributed by atoms with Crippen LogP contribution in [-0.2, 0) is 0 Å². The number of carbonyl (C=O) groups excluding carboxylic acids is 1. The Bertz CT molecular complexity index is 734. The highest BCUT2D eigenvalue weighted by Crippen LogP contribution is 2.25. The fraction of sp³-hybridized carbons (Fsp3) is 0.0714. The van der Waals surface area contributed by atoms with Crippen LogP contribution < -0.4 is 5.32 Å². The molecule has 0 aromatic heterocycles. The highest BCUT2D eigenvalue weighted by Gasteiger charge is 2.18. The van der Waals surface area contributed by atoms with Crippen molar-refractivity contribution in [2.75, 3.05) is 5.32 Å². The van der Waals surface area contributed by atoms with Crippen LogP contribution in [-0.4, -0.2) is 10.8 Å². The molecule has 2 rings (SSSR count). The molecule has 0 atom stereocenters. The molecule has 5 nitrogen and oxygen atoms in total. The lowest BCUT2D eigenvalue weighted by Crippen LogP contribution is -2.14. The maximum Gasteiger partial charge on any atom is 0.273 e. The van der Waals surface area contributed by atoms with E-state index in [1.165, 1.54) is 12.1 Å². The minimum absolute atomic E-state index is 0.0755. The molecule has 0 aliphatic carbocycles. The molecule has 2 aromatic rings. The van der Waals surface area contributed by atoms with Crippen LogP contribution >= 0.6 is 34.2 Å². The lowest BCUT2D eigenvalue weighted by Gasteiger charge is -2.09. The zero-order valence-corrected chi connectivity index (χ0v) is 13.8. The third kappa shape index (κ3) is 3.51. The summed E-state index contributed by atoms with van der Waals surface area (Å²) in [7, 11) is 0. The highest BCUT2D eigenvalue weighted by atomic mass is 127. The second kappa shape index (κ2) is 6.40. The number of nitro groups is 1. The Morgan fingerprint density at radius 1 is 1.33 bits per heavy atom. The van der Waals surface area contributed by atoms with Gasteiger partial charge in [0.2, 0.25) is 0 Å². The van der Waals surface area contributed by atoms with Gasteiger partial charge in [0.05, 0.1) is 10.6 Å². The van der Waals surface area contributed by atoms with Gasteiger partial charge in [-0.2, -0.15) is 0 Å². The van der Waals surface area contributed by atoms with Crippen LogP contribution in [0.15, 0.2) is 36.4 Å². The summed E-state index contributed by atoms with van der Waals surface area (Å²) in [5.74, 6) is -0.392. The molecule has 1 N–H and O–H groups in total. The van der Waals surface area contributed by atoms with Gasteiger partial charge >= 0.3 is 0 Å². The van der Waals surface area contributed by atoms with Crippen LogP contribution in [0, 0.1) is 20.6 Å². The molecule has 0 saturated heterocycles. The average molecular weight is 417 g/mol. The molecule has 0 radical (unpaired) electrons. The molecular formula is C14H10ClIN2O3. The molecule has 0 spiro atoms. The van der Waals surface area contributed by atoms with Gasteiger partial charge < -0.3 is 5.32 Å². The number of nitrogens with zero attached hydrogens (tertiary/aromatic N) is 1. The van der Waals surface area contributed by atoms with Gasteiger partial charge in [0.15, 0.2) is 0 Å². The van der Waals surface area contributed by atoms with Crippen molar-refractivity contribution in [3.05, 3.63) is 66.2 Å². The molecule has 0 fully saturated rings. The van der Waals surface area contributed by atoms with Gasteiger partial charge in [0.1, 0.15) is 0 Å². The van der Waals surface area contributed by atoms with Gasteiger partial charge in [0, 0.05) is 25.8 Å². The maximum absolute atomic E-state index is 12.3. The van der Waals surface area contributed by atoms with Gasteiger partial charge in [-0.3, -0.25) is 14.9 Å².